The second-order valence-corrected chi connectivity index (χ2v) is 4.87. The summed E-state index contributed by atoms with van der Waals surface area (Å²) < 4.78 is 15.8. The molecular weight excluding hydrogens is 312 g/mol. The number of phenolic OH excluding ortho intramolecular Hbond substituents is 1. The monoisotopic (exact) mass is 330 g/mol. The van der Waals surface area contributed by atoms with Crippen LogP contribution in [-0.4, -0.2) is 37.5 Å². The molecule has 0 heterocycles. The molecule has 2 N–H and O–H groups in total. The lowest BCUT2D eigenvalue weighted by Gasteiger charge is -2.13. The Bertz CT molecular complexity index is 737. The number of phenols is 1. The average molecular weight is 330 g/mol. The van der Waals surface area contributed by atoms with E-state index in [2.05, 4.69) is 0 Å². The van der Waals surface area contributed by atoms with Gasteiger partial charge >= 0.3 is 5.97 Å². The molecule has 0 unspecified atom stereocenters. The highest BCUT2D eigenvalue weighted by Gasteiger charge is 2.15. The van der Waals surface area contributed by atoms with Gasteiger partial charge in [-0.2, -0.15) is 0 Å². The fraction of sp³-hybridized carbons (Fsp3) is 0.167. The predicted molar refractivity (Wildman–Crippen MR) is 89.7 cm³/mol. The zero-order valence-electron chi connectivity index (χ0n) is 13.6. The van der Waals surface area contributed by atoms with Crippen molar-refractivity contribution in [1.82, 2.24) is 0 Å². The number of hydrogen-bond donors (Lipinski definition) is 2. The van der Waals surface area contributed by atoms with E-state index in [0.717, 1.165) is 0 Å². The van der Waals surface area contributed by atoms with Gasteiger partial charge in [0, 0.05) is 0 Å². The molecule has 2 rings (SSSR count). The third-order valence-corrected chi connectivity index (χ3v) is 3.41. The quantitative estimate of drug-likeness (QED) is 0.625. The van der Waals surface area contributed by atoms with Gasteiger partial charge in [-0.15, -0.1) is 0 Å². The van der Waals surface area contributed by atoms with Crippen molar-refractivity contribution in [3.63, 3.8) is 0 Å². The van der Waals surface area contributed by atoms with Crippen LogP contribution in [0.1, 0.15) is 11.1 Å². The minimum Gasteiger partial charge on any atom is -0.508 e. The zero-order chi connectivity index (χ0) is 17.7. The second-order valence-electron chi connectivity index (χ2n) is 4.87. The summed E-state index contributed by atoms with van der Waals surface area (Å²) in [5.41, 5.74) is 1.12. The molecule has 6 heteroatoms. The number of carboxylic acids is 1. The molecule has 0 atom stereocenters. The topological polar surface area (TPSA) is 85.2 Å². The first-order chi connectivity index (χ1) is 11.5. The zero-order valence-corrected chi connectivity index (χ0v) is 13.6. The number of carbonyl (C=O) groups is 1. The van der Waals surface area contributed by atoms with Crippen LogP contribution in [0, 0.1) is 0 Å². The van der Waals surface area contributed by atoms with Crippen LogP contribution in [0.5, 0.6) is 23.0 Å². The molecule has 0 saturated heterocycles. The van der Waals surface area contributed by atoms with Gasteiger partial charge in [-0.25, -0.2) is 4.79 Å². The summed E-state index contributed by atoms with van der Waals surface area (Å²) in [4.78, 5) is 11.6. The van der Waals surface area contributed by atoms with E-state index in [1.165, 1.54) is 51.7 Å². The van der Waals surface area contributed by atoms with Crippen molar-refractivity contribution in [3.8, 4) is 23.0 Å². The minimum atomic E-state index is -1.09. The normalized spacial score (nSPS) is 11.0. The number of methoxy groups -OCH3 is 3. The predicted octanol–water partition coefficient (Wildman–Crippen LogP) is 3.04. The van der Waals surface area contributed by atoms with Gasteiger partial charge in [0.1, 0.15) is 5.75 Å². The van der Waals surface area contributed by atoms with E-state index in [9.17, 15) is 15.0 Å². The van der Waals surface area contributed by atoms with Crippen molar-refractivity contribution in [2.75, 3.05) is 21.3 Å². The lowest BCUT2D eigenvalue weighted by atomic mass is 10.0. The Morgan fingerprint density at radius 1 is 0.958 bits per heavy atom. The summed E-state index contributed by atoms with van der Waals surface area (Å²) in [5, 5.41) is 18.8. The van der Waals surface area contributed by atoms with Crippen molar-refractivity contribution in [2.24, 2.45) is 0 Å². The molecule has 0 aliphatic carbocycles. The smallest absolute Gasteiger partial charge is 0.336 e. The minimum absolute atomic E-state index is 0.0660. The maximum Gasteiger partial charge on any atom is 0.336 e. The van der Waals surface area contributed by atoms with Crippen LogP contribution in [0.25, 0.3) is 11.6 Å². The van der Waals surface area contributed by atoms with Crippen molar-refractivity contribution in [3.05, 3.63) is 47.5 Å². The van der Waals surface area contributed by atoms with E-state index in [4.69, 9.17) is 14.2 Å². The van der Waals surface area contributed by atoms with E-state index in [1.54, 1.807) is 12.1 Å². The molecule has 126 valence electrons. The van der Waals surface area contributed by atoms with Crippen LogP contribution in [0.3, 0.4) is 0 Å². The Balaban J connectivity index is 2.57. The lowest BCUT2D eigenvalue weighted by molar-refractivity contribution is -0.130. The summed E-state index contributed by atoms with van der Waals surface area (Å²) in [6, 6.07) is 9.25. The van der Waals surface area contributed by atoms with Gasteiger partial charge in [-0.3, -0.25) is 0 Å². The second kappa shape index (κ2) is 7.41. The van der Waals surface area contributed by atoms with Gasteiger partial charge in [0.05, 0.1) is 26.9 Å². The van der Waals surface area contributed by atoms with Gasteiger partial charge in [-0.05, 0) is 41.5 Å². The molecule has 0 aliphatic rings. The number of rotatable bonds is 6. The Hall–Kier alpha value is -3.15. The Labute approximate surface area is 139 Å². The maximum absolute atomic E-state index is 11.6. The maximum atomic E-state index is 11.6. The van der Waals surface area contributed by atoms with E-state index >= 15 is 0 Å². The molecule has 24 heavy (non-hydrogen) atoms. The highest BCUT2D eigenvalue weighted by Crippen LogP contribution is 2.39. The molecule has 0 radical (unpaired) electrons. The van der Waals surface area contributed by atoms with Gasteiger partial charge in [0.15, 0.2) is 11.5 Å². The highest BCUT2D eigenvalue weighted by molar-refractivity contribution is 6.20. The van der Waals surface area contributed by atoms with E-state index < -0.39 is 5.97 Å². The molecule has 0 spiro atoms. The summed E-state index contributed by atoms with van der Waals surface area (Å²) in [6.45, 7) is 0. The first-order valence-corrected chi connectivity index (χ1v) is 7.04. The molecule has 2 aromatic rings. The van der Waals surface area contributed by atoms with Crippen molar-refractivity contribution in [1.29, 1.82) is 0 Å². The van der Waals surface area contributed by atoms with Gasteiger partial charge in [-0.1, -0.05) is 12.1 Å². The summed E-state index contributed by atoms with van der Waals surface area (Å²) in [5.74, 6) is 0.265. The van der Waals surface area contributed by atoms with Gasteiger partial charge in [0.25, 0.3) is 0 Å². The van der Waals surface area contributed by atoms with Crippen molar-refractivity contribution >= 4 is 17.6 Å². The molecule has 0 aliphatic heterocycles. The third-order valence-electron chi connectivity index (χ3n) is 3.41. The van der Waals surface area contributed by atoms with E-state index in [-0.39, 0.29) is 11.3 Å². The third kappa shape index (κ3) is 3.60. The van der Waals surface area contributed by atoms with Crippen molar-refractivity contribution < 1.29 is 29.2 Å². The fourth-order valence-electron chi connectivity index (χ4n) is 2.26. The standard InChI is InChI=1S/C18H18O6/c1-22-15-9-11(10-16(23-2)17(15)24-3)8-14(18(20)21)12-4-6-13(19)7-5-12/h4-10,19H,1-3H3,(H,20,21)/b14-8-. The largest absolute Gasteiger partial charge is 0.508 e. The Morgan fingerprint density at radius 3 is 1.92 bits per heavy atom. The first kappa shape index (κ1) is 17.2. The lowest BCUT2D eigenvalue weighted by Crippen LogP contribution is -2.00. The molecular formula is C18H18O6. The Morgan fingerprint density at radius 2 is 1.50 bits per heavy atom. The fourth-order valence-corrected chi connectivity index (χ4v) is 2.26. The van der Waals surface area contributed by atoms with Crippen LogP contribution in [0.2, 0.25) is 0 Å². The number of aliphatic carboxylic acids is 1. The average Bonchev–Trinajstić information content (AvgIpc) is 2.59. The Kier molecular flexibility index (Phi) is 5.31. The number of carboxylic acid groups (broad SMARTS) is 1. The number of hydrogen-bond acceptors (Lipinski definition) is 5. The summed E-state index contributed by atoms with van der Waals surface area (Å²) >= 11 is 0. The van der Waals surface area contributed by atoms with Crippen LogP contribution >= 0.6 is 0 Å². The van der Waals surface area contributed by atoms with Crippen molar-refractivity contribution in [2.45, 2.75) is 0 Å². The van der Waals surface area contributed by atoms with E-state index in [0.29, 0.717) is 28.4 Å². The van der Waals surface area contributed by atoms with Crippen LogP contribution in [0.15, 0.2) is 36.4 Å². The van der Waals surface area contributed by atoms with Gasteiger partial charge in [0.2, 0.25) is 5.75 Å². The van der Waals surface area contributed by atoms with Crippen LogP contribution in [-0.2, 0) is 4.79 Å². The summed E-state index contributed by atoms with van der Waals surface area (Å²) in [7, 11) is 4.47. The molecule has 2 aromatic carbocycles. The summed E-state index contributed by atoms with van der Waals surface area (Å²) in [6.07, 6.45) is 1.50. The molecule has 6 nitrogen and oxygen atoms in total. The van der Waals surface area contributed by atoms with Gasteiger partial charge < -0.3 is 24.4 Å². The molecule has 0 aromatic heterocycles. The van der Waals surface area contributed by atoms with Crippen LogP contribution < -0.4 is 14.2 Å². The van der Waals surface area contributed by atoms with Crippen LogP contribution in [0.4, 0.5) is 0 Å². The SMILES string of the molecule is COc1cc(/C=C(\C(=O)O)c2ccc(O)cc2)cc(OC)c1OC. The number of ether oxygens (including phenoxy) is 3. The number of aromatic hydroxyl groups is 1. The molecule has 0 bridgehead atoms. The highest BCUT2D eigenvalue weighted by atomic mass is 16.5. The first-order valence-electron chi connectivity index (χ1n) is 7.04. The molecule has 0 fully saturated rings. The van der Waals surface area contributed by atoms with E-state index in [1.807, 2.05) is 0 Å². The molecule has 0 saturated carbocycles. The molecule has 0 amide bonds. The number of benzene rings is 2.